The number of carbonyl (C=O) groups is 1. The van der Waals surface area contributed by atoms with E-state index in [9.17, 15) is 9.59 Å². The quantitative estimate of drug-likeness (QED) is 0.573. The summed E-state index contributed by atoms with van der Waals surface area (Å²) in [5, 5.41) is 0. The van der Waals surface area contributed by atoms with E-state index in [-0.39, 0.29) is 12.2 Å². The number of nitrogen functional groups attached to an aromatic ring is 1. The number of aromatic nitrogens is 2. The minimum atomic E-state index is -0.664. The fourth-order valence-electron chi connectivity index (χ4n) is 1.97. The van der Waals surface area contributed by atoms with Gasteiger partial charge in [-0.2, -0.15) is 0 Å². The predicted molar refractivity (Wildman–Crippen MR) is 77.2 cm³/mol. The number of thiazole rings is 1. The maximum absolute atomic E-state index is 12.4. The lowest BCUT2D eigenvalue weighted by Crippen LogP contribution is -2.23. The van der Waals surface area contributed by atoms with Gasteiger partial charge in [0.15, 0.2) is 4.96 Å². The summed E-state index contributed by atoms with van der Waals surface area (Å²) in [6.07, 6.45) is 1.26. The Kier molecular flexibility index (Phi) is 2.90. The Bertz CT molecular complexity index is 882. The molecule has 0 fully saturated rings. The molecule has 0 saturated heterocycles. The SMILES string of the molecule is CCOC(=O)c1cnc2sc3ccc(N)cc3n2c1=O. The second-order valence-electron chi connectivity index (χ2n) is 4.14. The highest BCUT2D eigenvalue weighted by molar-refractivity contribution is 7.23. The van der Waals surface area contributed by atoms with Gasteiger partial charge >= 0.3 is 5.97 Å². The van der Waals surface area contributed by atoms with Crippen LogP contribution in [0.4, 0.5) is 5.69 Å². The van der Waals surface area contributed by atoms with E-state index >= 15 is 0 Å². The van der Waals surface area contributed by atoms with E-state index in [1.165, 1.54) is 21.9 Å². The minimum Gasteiger partial charge on any atom is -0.462 e. The van der Waals surface area contributed by atoms with Crippen molar-refractivity contribution in [3.05, 3.63) is 40.3 Å². The van der Waals surface area contributed by atoms with Crippen LogP contribution in [0.2, 0.25) is 0 Å². The molecule has 2 heterocycles. The number of hydrogen-bond donors (Lipinski definition) is 1. The van der Waals surface area contributed by atoms with Crippen molar-refractivity contribution in [2.45, 2.75) is 6.92 Å². The fourth-order valence-corrected chi connectivity index (χ4v) is 2.93. The normalized spacial score (nSPS) is 11.1. The van der Waals surface area contributed by atoms with Crippen LogP contribution >= 0.6 is 11.3 Å². The summed E-state index contributed by atoms with van der Waals surface area (Å²) in [7, 11) is 0. The molecule has 0 aliphatic carbocycles. The topological polar surface area (TPSA) is 86.7 Å². The van der Waals surface area contributed by atoms with Crippen LogP contribution in [0.5, 0.6) is 0 Å². The van der Waals surface area contributed by atoms with Crippen molar-refractivity contribution in [1.29, 1.82) is 0 Å². The van der Waals surface area contributed by atoms with Crippen LogP contribution in [0, 0.1) is 0 Å². The van der Waals surface area contributed by atoms with E-state index in [0.717, 1.165) is 4.70 Å². The van der Waals surface area contributed by atoms with E-state index in [2.05, 4.69) is 4.98 Å². The smallest absolute Gasteiger partial charge is 0.345 e. The number of hydrogen-bond acceptors (Lipinski definition) is 6. The van der Waals surface area contributed by atoms with Crippen molar-refractivity contribution >= 4 is 38.2 Å². The molecule has 1 aromatic carbocycles. The molecule has 0 unspecified atom stereocenters. The minimum absolute atomic E-state index is 0.0773. The number of esters is 1. The van der Waals surface area contributed by atoms with Gasteiger partial charge in [0, 0.05) is 5.69 Å². The molecule has 7 heteroatoms. The third-order valence-electron chi connectivity index (χ3n) is 2.85. The van der Waals surface area contributed by atoms with Gasteiger partial charge in [0.25, 0.3) is 5.56 Å². The van der Waals surface area contributed by atoms with Crippen LogP contribution in [-0.2, 0) is 4.74 Å². The first-order valence-corrected chi connectivity index (χ1v) is 6.80. The zero-order valence-electron chi connectivity index (χ0n) is 10.6. The van der Waals surface area contributed by atoms with E-state index in [1.54, 1.807) is 19.1 Å². The molecule has 20 heavy (non-hydrogen) atoms. The van der Waals surface area contributed by atoms with Crippen molar-refractivity contribution < 1.29 is 9.53 Å². The zero-order chi connectivity index (χ0) is 14.3. The van der Waals surface area contributed by atoms with Gasteiger partial charge in [-0.05, 0) is 25.1 Å². The summed E-state index contributed by atoms with van der Waals surface area (Å²) < 4.78 is 7.13. The average molecular weight is 289 g/mol. The second-order valence-corrected chi connectivity index (χ2v) is 5.15. The van der Waals surface area contributed by atoms with Crippen molar-refractivity contribution in [2.24, 2.45) is 0 Å². The van der Waals surface area contributed by atoms with E-state index in [1.807, 2.05) is 6.07 Å². The molecule has 2 N–H and O–H groups in total. The summed E-state index contributed by atoms with van der Waals surface area (Å²) in [4.78, 5) is 28.8. The molecule has 0 saturated carbocycles. The Hall–Kier alpha value is -2.41. The van der Waals surface area contributed by atoms with Crippen LogP contribution in [0.25, 0.3) is 15.2 Å². The van der Waals surface area contributed by atoms with E-state index in [0.29, 0.717) is 16.2 Å². The third-order valence-corrected chi connectivity index (χ3v) is 3.89. The predicted octanol–water partition coefficient (Wildman–Crippen LogP) is 1.67. The Morgan fingerprint density at radius 3 is 3.05 bits per heavy atom. The maximum Gasteiger partial charge on any atom is 0.345 e. The molecule has 0 spiro atoms. The van der Waals surface area contributed by atoms with Gasteiger partial charge in [-0.3, -0.25) is 9.20 Å². The maximum atomic E-state index is 12.4. The number of fused-ring (bicyclic) bond motifs is 3. The van der Waals surface area contributed by atoms with Gasteiger partial charge in [-0.25, -0.2) is 9.78 Å². The fraction of sp³-hybridized carbons (Fsp3) is 0.154. The highest BCUT2D eigenvalue weighted by Gasteiger charge is 2.17. The number of nitrogens with zero attached hydrogens (tertiary/aromatic N) is 2. The number of benzene rings is 1. The molecule has 3 rings (SSSR count). The van der Waals surface area contributed by atoms with Crippen LogP contribution in [0.3, 0.4) is 0 Å². The van der Waals surface area contributed by atoms with E-state index in [4.69, 9.17) is 10.5 Å². The first-order valence-electron chi connectivity index (χ1n) is 5.98. The first kappa shape index (κ1) is 12.6. The summed E-state index contributed by atoms with van der Waals surface area (Å²) in [5.74, 6) is -0.664. The van der Waals surface area contributed by atoms with Gasteiger partial charge in [0.05, 0.1) is 23.0 Å². The number of anilines is 1. The second kappa shape index (κ2) is 4.61. The zero-order valence-corrected chi connectivity index (χ0v) is 11.4. The monoisotopic (exact) mass is 289 g/mol. The number of ether oxygens (including phenoxy) is 1. The Morgan fingerprint density at radius 1 is 1.50 bits per heavy atom. The number of carbonyl (C=O) groups excluding carboxylic acids is 1. The Morgan fingerprint density at radius 2 is 2.30 bits per heavy atom. The molecule has 0 atom stereocenters. The van der Waals surface area contributed by atoms with Crippen molar-refractivity contribution in [1.82, 2.24) is 9.38 Å². The van der Waals surface area contributed by atoms with E-state index < -0.39 is 11.5 Å². The van der Waals surface area contributed by atoms with Crippen molar-refractivity contribution in [3.8, 4) is 0 Å². The highest BCUT2D eigenvalue weighted by Crippen LogP contribution is 2.25. The summed E-state index contributed by atoms with van der Waals surface area (Å²) >= 11 is 1.36. The molecule has 0 bridgehead atoms. The number of rotatable bonds is 2. The van der Waals surface area contributed by atoms with Crippen molar-refractivity contribution in [3.63, 3.8) is 0 Å². The standard InChI is InChI=1S/C13H11N3O3S/c1-2-19-12(18)8-6-15-13-16(11(8)17)9-5-7(14)3-4-10(9)20-13/h3-6H,2,14H2,1H3. The molecular formula is C13H11N3O3S. The molecule has 3 aromatic rings. The lowest BCUT2D eigenvalue weighted by molar-refractivity contribution is 0.0523. The Labute approximate surface area is 117 Å². The van der Waals surface area contributed by atoms with Crippen LogP contribution in [-0.4, -0.2) is 22.0 Å². The molecule has 2 aromatic heterocycles. The van der Waals surface area contributed by atoms with Gasteiger partial charge < -0.3 is 10.5 Å². The molecule has 102 valence electrons. The average Bonchev–Trinajstić information content (AvgIpc) is 2.77. The van der Waals surface area contributed by atoms with Gasteiger partial charge in [-0.1, -0.05) is 11.3 Å². The van der Waals surface area contributed by atoms with Crippen molar-refractivity contribution in [2.75, 3.05) is 12.3 Å². The molecule has 0 aliphatic heterocycles. The molecule has 6 nitrogen and oxygen atoms in total. The Balaban J connectivity index is 2.36. The molecular weight excluding hydrogens is 278 g/mol. The lowest BCUT2D eigenvalue weighted by atomic mass is 10.3. The molecule has 0 radical (unpaired) electrons. The molecule has 0 aliphatic rings. The first-order chi connectivity index (χ1) is 9.61. The largest absolute Gasteiger partial charge is 0.462 e. The highest BCUT2D eigenvalue weighted by atomic mass is 32.1. The van der Waals surface area contributed by atoms with Crippen LogP contribution in [0.1, 0.15) is 17.3 Å². The van der Waals surface area contributed by atoms with Gasteiger partial charge in [0.2, 0.25) is 0 Å². The van der Waals surface area contributed by atoms with Crippen LogP contribution in [0.15, 0.2) is 29.2 Å². The number of nitrogens with two attached hydrogens (primary N) is 1. The summed E-state index contributed by atoms with van der Waals surface area (Å²) in [5.41, 5.74) is 6.42. The summed E-state index contributed by atoms with van der Waals surface area (Å²) in [6.45, 7) is 1.89. The summed E-state index contributed by atoms with van der Waals surface area (Å²) in [6, 6.07) is 5.28. The van der Waals surface area contributed by atoms with Crippen LogP contribution < -0.4 is 11.3 Å². The lowest BCUT2D eigenvalue weighted by Gasteiger charge is -2.01. The van der Waals surface area contributed by atoms with Gasteiger partial charge in [-0.15, -0.1) is 0 Å². The molecule has 0 amide bonds. The third kappa shape index (κ3) is 1.83. The van der Waals surface area contributed by atoms with Gasteiger partial charge in [0.1, 0.15) is 5.56 Å².